The molecule has 0 aromatic heterocycles. The van der Waals surface area contributed by atoms with Crippen LogP contribution >= 0.6 is 39.3 Å². The predicted octanol–water partition coefficient (Wildman–Crippen LogP) is 4.49. The Morgan fingerprint density at radius 3 is 2.72 bits per heavy atom. The topological polar surface area (TPSA) is 95.9 Å². The number of hydrogen-bond donors (Lipinski definition) is 2. The van der Waals surface area contributed by atoms with Crippen LogP contribution in [0.2, 0.25) is 5.02 Å². The summed E-state index contributed by atoms with van der Waals surface area (Å²) in [4.78, 5) is 38.1. The van der Waals surface area contributed by atoms with E-state index < -0.39 is 23.6 Å². The lowest BCUT2D eigenvalue weighted by molar-refractivity contribution is -0.127. The summed E-state index contributed by atoms with van der Waals surface area (Å²) in [6.07, 6.45) is 1.52. The number of benzene rings is 2. The van der Waals surface area contributed by atoms with E-state index in [0.29, 0.717) is 26.5 Å². The molecule has 2 N–H and O–H groups in total. The number of carbonyl (C=O) groups is 3. The van der Waals surface area contributed by atoms with Crippen molar-refractivity contribution < 1.29 is 24.2 Å². The fourth-order valence-corrected chi connectivity index (χ4v) is 3.98. The second-order valence-corrected chi connectivity index (χ2v) is 8.13. The van der Waals surface area contributed by atoms with Crippen LogP contribution in [0.5, 0.6) is 11.5 Å². The normalized spacial score (nSPS) is 15.1. The number of methoxy groups -OCH3 is 1. The summed E-state index contributed by atoms with van der Waals surface area (Å²) >= 11 is 9.96. The summed E-state index contributed by atoms with van der Waals surface area (Å²) in [5, 5.41) is 11.9. The lowest BCUT2D eigenvalue weighted by Gasteiger charge is -2.13. The van der Waals surface area contributed by atoms with Gasteiger partial charge in [0, 0.05) is 5.69 Å². The van der Waals surface area contributed by atoms with Gasteiger partial charge >= 0.3 is 0 Å². The van der Waals surface area contributed by atoms with E-state index in [0.717, 1.165) is 16.7 Å². The highest BCUT2D eigenvalue weighted by atomic mass is 79.9. The smallest absolute Gasteiger partial charge is 0.294 e. The zero-order chi connectivity index (χ0) is 21.1. The average Bonchev–Trinajstić information content (AvgIpc) is 2.92. The minimum absolute atomic E-state index is 0.0607. The SMILES string of the molecule is COc1ccc(NC(=O)CN2C(=O)S/C(=C/c3ccc(O)c(Br)c3)C2=O)cc1Cl. The highest BCUT2D eigenvalue weighted by Crippen LogP contribution is 2.33. The van der Waals surface area contributed by atoms with Crippen LogP contribution in [0.3, 0.4) is 0 Å². The van der Waals surface area contributed by atoms with Crippen LogP contribution in [0.25, 0.3) is 6.08 Å². The van der Waals surface area contributed by atoms with Crippen molar-refractivity contribution in [3.8, 4) is 11.5 Å². The predicted molar refractivity (Wildman–Crippen MR) is 115 cm³/mol. The molecule has 0 unspecified atom stereocenters. The molecule has 7 nitrogen and oxygen atoms in total. The van der Waals surface area contributed by atoms with Gasteiger partial charge in [0.15, 0.2) is 0 Å². The van der Waals surface area contributed by atoms with Gasteiger partial charge in [-0.15, -0.1) is 0 Å². The van der Waals surface area contributed by atoms with Crippen LogP contribution in [0, 0.1) is 0 Å². The molecule has 1 saturated heterocycles. The second kappa shape index (κ2) is 8.89. The molecule has 2 aromatic carbocycles. The van der Waals surface area contributed by atoms with Crippen molar-refractivity contribution in [2.45, 2.75) is 0 Å². The highest BCUT2D eigenvalue weighted by Gasteiger charge is 2.36. The number of hydrogen-bond acceptors (Lipinski definition) is 6. The third-order valence-electron chi connectivity index (χ3n) is 3.88. The minimum Gasteiger partial charge on any atom is -0.507 e. The molecule has 1 aliphatic heterocycles. The molecule has 3 amide bonds. The first-order valence-electron chi connectivity index (χ1n) is 8.15. The van der Waals surface area contributed by atoms with Crippen molar-refractivity contribution in [2.75, 3.05) is 19.0 Å². The average molecular weight is 498 g/mol. The summed E-state index contributed by atoms with van der Waals surface area (Å²) in [7, 11) is 1.48. The maximum absolute atomic E-state index is 12.5. The number of nitrogens with one attached hydrogen (secondary N) is 1. The molecule has 1 fully saturated rings. The molecule has 0 radical (unpaired) electrons. The van der Waals surface area contributed by atoms with Gasteiger partial charge in [-0.05, 0) is 69.7 Å². The van der Waals surface area contributed by atoms with E-state index >= 15 is 0 Å². The number of thioether (sulfide) groups is 1. The minimum atomic E-state index is -0.563. The molecule has 0 saturated carbocycles. The standard InChI is InChI=1S/C19H14BrClN2O5S/c1-28-15-5-3-11(8-13(15)21)22-17(25)9-23-18(26)16(29-19(23)27)7-10-2-4-14(24)12(20)6-10/h2-8,24H,9H2,1H3,(H,22,25)/b16-7+. The summed E-state index contributed by atoms with van der Waals surface area (Å²) in [5.74, 6) is -0.582. The molecule has 0 spiro atoms. The van der Waals surface area contributed by atoms with Crippen LogP contribution in [-0.4, -0.2) is 40.7 Å². The van der Waals surface area contributed by atoms with Gasteiger partial charge in [0.1, 0.15) is 18.0 Å². The van der Waals surface area contributed by atoms with Gasteiger partial charge in [0.05, 0.1) is 21.5 Å². The van der Waals surface area contributed by atoms with E-state index in [1.807, 2.05) is 0 Å². The molecule has 0 bridgehead atoms. The monoisotopic (exact) mass is 496 g/mol. The fourth-order valence-electron chi connectivity index (χ4n) is 2.49. The molecule has 3 rings (SSSR count). The molecular formula is C19H14BrClN2O5S. The van der Waals surface area contributed by atoms with Crippen molar-refractivity contribution in [1.29, 1.82) is 0 Å². The maximum Gasteiger partial charge on any atom is 0.294 e. The van der Waals surface area contributed by atoms with Crippen molar-refractivity contribution in [3.63, 3.8) is 0 Å². The molecule has 150 valence electrons. The van der Waals surface area contributed by atoms with Crippen molar-refractivity contribution in [2.24, 2.45) is 0 Å². The van der Waals surface area contributed by atoms with Gasteiger partial charge in [-0.2, -0.15) is 0 Å². The van der Waals surface area contributed by atoms with E-state index in [1.165, 1.54) is 25.3 Å². The first-order chi connectivity index (χ1) is 13.8. The highest BCUT2D eigenvalue weighted by molar-refractivity contribution is 9.10. The third kappa shape index (κ3) is 4.92. The number of halogens is 2. The molecular weight excluding hydrogens is 484 g/mol. The first kappa shape index (κ1) is 21.2. The van der Waals surface area contributed by atoms with Crippen LogP contribution in [0.15, 0.2) is 45.8 Å². The molecule has 0 aliphatic carbocycles. The Hall–Kier alpha value is -2.49. The lowest BCUT2D eigenvalue weighted by Crippen LogP contribution is -2.36. The Balaban J connectivity index is 1.69. The van der Waals surface area contributed by atoms with E-state index in [1.54, 1.807) is 24.3 Å². The number of imide groups is 1. The Labute approximate surface area is 183 Å². The summed E-state index contributed by atoms with van der Waals surface area (Å²) in [6.45, 7) is -0.426. The van der Waals surface area contributed by atoms with Gasteiger partial charge in [-0.3, -0.25) is 19.3 Å². The Morgan fingerprint density at radius 1 is 1.31 bits per heavy atom. The molecule has 0 atom stereocenters. The van der Waals surface area contributed by atoms with E-state index in [2.05, 4.69) is 21.2 Å². The summed E-state index contributed by atoms with van der Waals surface area (Å²) in [6, 6.07) is 9.38. The lowest BCUT2D eigenvalue weighted by atomic mass is 10.2. The Bertz CT molecular complexity index is 1040. The number of ether oxygens (including phenoxy) is 1. The number of phenolic OH excluding ortho intramolecular Hbond substituents is 1. The zero-order valence-electron chi connectivity index (χ0n) is 14.9. The first-order valence-corrected chi connectivity index (χ1v) is 10.1. The summed E-state index contributed by atoms with van der Waals surface area (Å²) in [5.41, 5.74) is 1.04. The third-order valence-corrected chi connectivity index (χ3v) is 5.72. The zero-order valence-corrected chi connectivity index (χ0v) is 18.1. The van der Waals surface area contributed by atoms with Gasteiger partial charge in [0.2, 0.25) is 5.91 Å². The Kier molecular flexibility index (Phi) is 6.51. The largest absolute Gasteiger partial charge is 0.507 e. The van der Waals surface area contributed by atoms with E-state index in [-0.39, 0.29) is 10.7 Å². The number of aromatic hydroxyl groups is 1. The number of amides is 3. The summed E-state index contributed by atoms with van der Waals surface area (Å²) < 4.78 is 5.51. The van der Waals surface area contributed by atoms with Crippen LogP contribution in [0.4, 0.5) is 10.5 Å². The van der Waals surface area contributed by atoms with Gasteiger partial charge in [0.25, 0.3) is 11.1 Å². The maximum atomic E-state index is 12.5. The van der Waals surface area contributed by atoms with E-state index in [9.17, 15) is 19.5 Å². The van der Waals surface area contributed by atoms with Crippen LogP contribution < -0.4 is 10.1 Å². The van der Waals surface area contributed by atoms with Crippen molar-refractivity contribution >= 4 is 68.1 Å². The number of rotatable bonds is 5. The van der Waals surface area contributed by atoms with Crippen molar-refractivity contribution in [3.05, 3.63) is 56.4 Å². The second-order valence-electron chi connectivity index (χ2n) is 5.88. The van der Waals surface area contributed by atoms with Gasteiger partial charge < -0.3 is 15.2 Å². The van der Waals surface area contributed by atoms with Gasteiger partial charge in [-0.1, -0.05) is 17.7 Å². The van der Waals surface area contributed by atoms with Gasteiger partial charge in [-0.25, -0.2) is 0 Å². The Morgan fingerprint density at radius 2 is 2.07 bits per heavy atom. The number of anilines is 1. The number of nitrogens with zero attached hydrogens (tertiary/aromatic N) is 1. The molecule has 2 aromatic rings. The van der Waals surface area contributed by atoms with Crippen LogP contribution in [0.1, 0.15) is 5.56 Å². The number of carbonyl (C=O) groups excluding carboxylic acids is 3. The molecule has 1 aliphatic rings. The number of phenols is 1. The van der Waals surface area contributed by atoms with E-state index in [4.69, 9.17) is 16.3 Å². The fraction of sp³-hybridized carbons (Fsp3) is 0.105. The molecule has 10 heteroatoms. The quantitative estimate of drug-likeness (QED) is 0.591. The molecule has 1 heterocycles. The molecule has 29 heavy (non-hydrogen) atoms. The van der Waals surface area contributed by atoms with Crippen LogP contribution in [-0.2, 0) is 9.59 Å². The van der Waals surface area contributed by atoms with Crippen molar-refractivity contribution in [1.82, 2.24) is 4.90 Å².